The van der Waals surface area contributed by atoms with E-state index in [9.17, 15) is 9.59 Å². The van der Waals surface area contributed by atoms with Crippen molar-refractivity contribution in [3.05, 3.63) is 0 Å². The highest BCUT2D eigenvalue weighted by atomic mass is 35.5. The Morgan fingerprint density at radius 3 is 2.05 bits per heavy atom. The van der Waals surface area contributed by atoms with E-state index in [-0.39, 0.29) is 24.9 Å². The summed E-state index contributed by atoms with van der Waals surface area (Å²) in [5, 5.41) is 10.4. The van der Waals surface area contributed by atoms with Gasteiger partial charge in [-0.3, -0.25) is 4.79 Å². The van der Waals surface area contributed by atoms with Crippen LogP contribution in [0.25, 0.3) is 0 Å². The van der Waals surface area contributed by atoms with Crippen molar-refractivity contribution in [3.63, 3.8) is 0 Å². The maximum atomic E-state index is 11.7. The summed E-state index contributed by atoms with van der Waals surface area (Å²) in [7, 11) is 0. The van der Waals surface area contributed by atoms with E-state index >= 15 is 0 Å². The molecule has 0 aliphatic carbocycles. The van der Waals surface area contributed by atoms with Crippen molar-refractivity contribution in [2.45, 2.75) is 63.0 Å². The van der Waals surface area contributed by atoms with Crippen LogP contribution >= 0.6 is 23.2 Å². The van der Waals surface area contributed by atoms with Crippen molar-refractivity contribution in [2.75, 3.05) is 0 Å². The SMILES string of the molecule is CC(C)N(OC(=O)CCC(N)C(Cl)(Cl)C(=O)O)C(C)C. The van der Waals surface area contributed by atoms with Gasteiger partial charge in [0.25, 0.3) is 0 Å². The first-order valence-corrected chi connectivity index (χ1v) is 7.11. The second-order valence-corrected chi connectivity index (χ2v) is 6.47. The minimum atomic E-state index is -2.12. The van der Waals surface area contributed by atoms with E-state index in [1.54, 1.807) is 5.06 Å². The van der Waals surface area contributed by atoms with Crippen LogP contribution in [0.15, 0.2) is 0 Å². The topological polar surface area (TPSA) is 92.9 Å². The second kappa shape index (κ2) is 8.02. The Morgan fingerprint density at radius 1 is 1.25 bits per heavy atom. The summed E-state index contributed by atoms with van der Waals surface area (Å²) in [6.45, 7) is 7.58. The predicted octanol–water partition coefficient (Wildman–Crippen LogP) is 1.93. The highest BCUT2D eigenvalue weighted by Gasteiger charge is 2.40. The van der Waals surface area contributed by atoms with Gasteiger partial charge in [0.15, 0.2) is 0 Å². The molecule has 0 bridgehead atoms. The number of carboxylic acid groups (broad SMARTS) is 1. The monoisotopic (exact) mass is 328 g/mol. The smallest absolute Gasteiger partial charge is 0.341 e. The van der Waals surface area contributed by atoms with E-state index in [1.807, 2.05) is 27.7 Å². The molecule has 0 radical (unpaired) electrons. The third-order valence-electron chi connectivity index (χ3n) is 2.64. The molecule has 0 saturated heterocycles. The number of hydrogen-bond donors (Lipinski definition) is 2. The quantitative estimate of drug-likeness (QED) is 0.522. The number of carboxylic acids is 1. The molecule has 0 fully saturated rings. The first kappa shape index (κ1) is 19.4. The maximum Gasteiger partial charge on any atom is 0.341 e. The molecule has 6 nitrogen and oxygen atoms in total. The van der Waals surface area contributed by atoms with E-state index in [1.165, 1.54) is 0 Å². The van der Waals surface area contributed by atoms with Crippen molar-refractivity contribution in [1.82, 2.24) is 5.06 Å². The van der Waals surface area contributed by atoms with Gasteiger partial charge in [-0.25, -0.2) is 4.79 Å². The van der Waals surface area contributed by atoms with E-state index in [2.05, 4.69) is 0 Å². The van der Waals surface area contributed by atoms with Crippen molar-refractivity contribution >= 4 is 35.1 Å². The van der Waals surface area contributed by atoms with Crippen LogP contribution in [-0.2, 0) is 14.4 Å². The number of carbonyl (C=O) groups excluding carboxylic acids is 1. The second-order valence-electron chi connectivity index (χ2n) is 5.08. The molecule has 0 aromatic rings. The third kappa shape index (κ3) is 5.83. The molecular weight excluding hydrogens is 307 g/mol. The lowest BCUT2D eigenvalue weighted by atomic mass is 10.1. The van der Waals surface area contributed by atoms with Gasteiger partial charge in [-0.15, -0.1) is 5.06 Å². The van der Waals surface area contributed by atoms with Crippen LogP contribution < -0.4 is 5.73 Å². The molecule has 0 spiro atoms. The molecule has 0 saturated carbocycles. The van der Waals surface area contributed by atoms with Crippen molar-refractivity contribution in [3.8, 4) is 0 Å². The zero-order valence-electron chi connectivity index (χ0n) is 12.1. The zero-order valence-corrected chi connectivity index (χ0v) is 13.6. The first-order chi connectivity index (χ1) is 9.00. The normalized spacial score (nSPS) is 13.9. The number of aliphatic carboxylic acids is 1. The molecule has 0 rings (SSSR count). The summed E-state index contributed by atoms with van der Waals surface area (Å²) < 4.78 is -2.12. The Hall–Kier alpha value is -0.560. The van der Waals surface area contributed by atoms with Crippen LogP contribution in [0.5, 0.6) is 0 Å². The summed E-state index contributed by atoms with van der Waals surface area (Å²) in [6.07, 6.45) is -0.0479. The summed E-state index contributed by atoms with van der Waals surface area (Å²) in [4.78, 5) is 27.7. The fraction of sp³-hybridized carbons (Fsp3) is 0.833. The molecule has 0 amide bonds. The molecule has 0 aromatic heterocycles. The van der Waals surface area contributed by atoms with Gasteiger partial charge in [0.1, 0.15) is 0 Å². The molecule has 0 aliphatic heterocycles. The lowest BCUT2D eigenvalue weighted by Crippen LogP contribution is -2.45. The van der Waals surface area contributed by atoms with Crippen LogP contribution in [0, 0.1) is 0 Å². The molecule has 0 aliphatic rings. The number of carbonyl (C=O) groups is 2. The van der Waals surface area contributed by atoms with E-state index in [0.29, 0.717) is 0 Å². The Balaban J connectivity index is 4.40. The molecule has 1 unspecified atom stereocenters. The largest absolute Gasteiger partial charge is 0.479 e. The number of hydrogen-bond acceptors (Lipinski definition) is 5. The minimum Gasteiger partial charge on any atom is -0.479 e. The van der Waals surface area contributed by atoms with Crippen LogP contribution in [0.3, 0.4) is 0 Å². The molecule has 20 heavy (non-hydrogen) atoms. The van der Waals surface area contributed by atoms with Gasteiger partial charge >= 0.3 is 11.9 Å². The van der Waals surface area contributed by atoms with Gasteiger partial charge in [-0.1, -0.05) is 23.2 Å². The van der Waals surface area contributed by atoms with E-state index in [4.69, 9.17) is 38.9 Å². The van der Waals surface area contributed by atoms with Crippen LogP contribution in [0.2, 0.25) is 0 Å². The average Bonchev–Trinajstić information content (AvgIpc) is 2.31. The van der Waals surface area contributed by atoms with Crippen molar-refractivity contribution < 1.29 is 19.5 Å². The van der Waals surface area contributed by atoms with Crippen molar-refractivity contribution in [1.29, 1.82) is 0 Å². The molecular formula is C12H22Cl2N2O4. The number of rotatable bonds is 8. The van der Waals surface area contributed by atoms with Crippen LogP contribution in [0.4, 0.5) is 0 Å². The van der Waals surface area contributed by atoms with E-state index < -0.39 is 22.3 Å². The fourth-order valence-corrected chi connectivity index (χ4v) is 1.80. The number of nitrogens with two attached hydrogens (primary N) is 1. The molecule has 0 heterocycles. The summed E-state index contributed by atoms with van der Waals surface area (Å²) in [5.41, 5.74) is 5.58. The third-order valence-corrected chi connectivity index (χ3v) is 3.52. The minimum absolute atomic E-state index is 0.0160. The maximum absolute atomic E-state index is 11.7. The van der Waals surface area contributed by atoms with Crippen molar-refractivity contribution in [2.24, 2.45) is 5.73 Å². The lowest BCUT2D eigenvalue weighted by Gasteiger charge is -2.29. The molecule has 1 atom stereocenters. The molecule has 0 aromatic carbocycles. The highest BCUT2D eigenvalue weighted by molar-refractivity contribution is 6.57. The zero-order chi connectivity index (χ0) is 16.1. The van der Waals surface area contributed by atoms with Gasteiger partial charge < -0.3 is 15.7 Å². The molecule has 8 heteroatoms. The average molecular weight is 329 g/mol. The summed E-state index contributed by atoms with van der Waals surface area (Å²) >= 11 is 11.2. The Labute approximate surface area is 129 Å². The summed E-state index contributed by atoms with van der Waals surface area (Å²) in [5.74, 6) is -1.94. The first-order valence-electron chi connectivity index (χ1n) is 6.36. The van der Waals surface area contributed by atoms with Crippen LogP contribution in [-0.4, -0.2) is 44.6 Å². The van der Waals surface area contributed by atoms with Gasteiger partial charge in [0.05, 0.1) is 0 Å². The fourth-order valence-electron chi connectivity index (χ4n) is 1.58. The number of halogens is 2. The summed E-state index contributed by atoms with van der Waals surface area (Å²) in [6, 6.07) is -0.999. The Kier molecular flexibility index (Phi) is 7.80. The van der Waals surface area contributed by atoms with Gasteiger partial charge in [-0.05, 0) is 34.1 Å². The standard InChI is InChI=1S/C12H22Cl2N2O4/c1-7(2)16(8(3)4)20-10(17)6-5-9(15)12(13,14)11(18)19/h7-9H,5-6,15H2,1-4H3,(H,18,19). The lowest BCUT2D eigenvalue weighted by molar-refractivity contribution is -0.209. The highest BCUT2D eigenvalue weighted by Crippen LogP contribution is 2.27. The Morgan fingerprint density at radius 2 is 1.70 bits per heavy atom. The van der Waals surface area contributed by atoms with E-state index in [0.717, 1.165) is 0 Å². The predicted molar refractivity (Wildman–Crippen MR) is 77.5 cm³/mol. The molecule has 118 valence electrons. The molecule has 3 N–H and O–H groups in total. The van der Waals surface area contributed by atoms with Gasteiger partial charge in [0.2, 0.25) is 4.33 Å². The van der Waals surface area contributed by atoms with Gasteiger partial charge in [-0.2, -0.15) is 0 Å². The van der Waals surface area contributed by atoms with Gasteiger partial charge in [0, 0.05) is 24.5 Å². The number of hydroxylamine groups is 2. The Bertz CT molecular complexity index is 340. The number of alkyl halides is 2. The number of nitrogens with zero attached hydrogens (tertiary/aromatic N) is 1. The van der Waals surface area contributed by atoms with Crippen LogP contribution in [0.1, 0.15) is 40.5 Å².